The molecule has 0 radical (unpaired) electrons. The Morgan fingerprint density at radius 1 is 0.857 bits per heavy atom. The Kier molecular flexibility index (Phi) is 13.3. The fourth-order valence-electron chi connectivity index (χ4n) is 6.02. The second-order valence-corrected chi connectivity index (χ2v) is 11.1. The predicted octanol–water partition coefficient (Wildman–Crippen LogP) is 9.46. The van der Waals surface area contributed by atoms with Gasteiger partial charge in [-0.1, -0.05) is 75.1 Å². The van der Waals surface area contributed by atoms with Gasteiger partial charge in [0, 0.05) is 12.7 Å². The summed E-state index contributed by atoms with van der Waals surface area (Å²) < 4.78 is 6.41. The lowest BCUT2D eigenvalue weighted by molar-refractivity contribution is -0.00824. The summed E-state index contributed by atoms with van der Waals surface area (Å²) in [5, 5.41) is 8.50. The highest BCUT2D eigenvalue weighted by molar-refractivity contribution is 5.26. The van der Waals surface area contributed by atoms with E-state index in [0.717, 1.165) is 30.8 Å². The molecule has 0 saturated heterocycles. The van der Waals surface area contributed by atoms with Gasteiger partial charge in [-0.05, 0) is 106 Å². The predicted molar refractivity (Wildman–Crippen MR) is 148 cm³/mol. The minimum absolute atomic E-state index is 0.493. The average Bonchev–Trinajstić information content (AvgIpc) is 2.91. The SMILES string of the molecule is CCCCCCCc1ccc([C@H]2CC[C@H](CO[C@H]3CC[C@H](CC/C=C/C=C/C#N)CC3)CC2)cc1. The molecule has 1 aromatic rings. The van der Waals surface area contributed by atoms with Crippen molar-refractivity contribution in [1.29, 1.82) is 5.26 Å². The van der Waals surface area contributed by atoms with E-state index in [9.17, 15) is 0 Å². The van der Waals surface area contributed by atoms with Crippen LogP contribution in [0.4, 0.5) is 0 Å². The third kappa shape index (κ3) is 10.7. The molecule has 2 nitrogen and oxygen atoms in total. The van der Waals surface area contributed by atoms with Crippen LogP contribution in [0.2, 0.25) is 0 Å². The smallest absolute Gasteiger partial charge is 0.0912 e. The molecule has 0 unspecified atom stereocenters. The Balaban J connectivity index is 1.26. The number of hydrogen-bond acceptors (Lipinski definition) is 2. The number of nitrogens with zero attached hydrogens (tertiary/aromatic N) is 1. The first-order chi connectivity index (χ1) is 17.3. The minimum Gasteiger partial charge on any atom is -0.378 e. The van der Waals surface area contributed by atoms with Crippen LogP contribution in [0.25, 0.3) is 0 Å². The molecule has 0 N–H and O–H groups in total. The number of aryl methyl sites for hydroxylation is 1. The van der Waals surface area contributed by atoms with E-state index >= 15 is 0 Å². The van der Waals surface area contributed by atoms with Crippen LogP contribution >= 0.6 is 0 Å². The molecular weight excluding hydrogens is 426 g/mol. The molecule has 2 fully saturated rings. The van der Waals surface area contributed by atoms with Crippen LogP contribution in [0.15, 0.2) is 48.6 Å². The standard InChI is InChI=1S/C33H49NO/c1-2-3-4-6-9-12-28-14-20-31(21-15-28)32-22-16-30(17-23-32)27-35-33-24-18-29(19-25-33)13-10-7-5-8-11-26-34/h5,7-8,11,14-15,20-21,29-30,32-33H,2-4,6,9-10,12-13,16-19,22-25,27H2,1H3/b7-5+,11-8+/t29-,30-,32-,33-. The molecule has 3 rings (SSSR count). The van der Waals surface area contributed by atoms with Gasteiger partial charge in [0.15, 0.2) is 0 Å². The highest BCUT2D eigenvalue weighted by Crippen LogP contribution is 2.37. The number of unbranched alkanes of at least 4 members (excludes halogenated alkanes) is 4. The first kappa shape index (κ1) is 27.7. The normalized spacial score (nSPS) is 25.3. The van der Waals surface area contributed by atoms with Crippen molar-refractivity contribution in [1.82, 2.24) is 0 Å². The summed E-state index contributed by atoms with van der Waals surface area (Å²) in [4.78, 5) is 0. The van der Waals surface area contributed by atoms with E-state index in [2.05, 4.69) is 37.3 Å². The molecule has 2 aliphatic rings. The fraction of sp³-hybridized carbons (Fsp3) is 0.667. The maximum atomic E-state index is 8.50. The third-order valence-corrected chi connectivity index (χ3v) is 8.39. The summed E-state index contributed by atoms with van der Waals surface area (Å²) in [7, 11) is 0. The van der Waals surface area contributed by atoms with Crippen LogP contribution in [0.3, 0.4) is 0 Å². The van der Waals surface area contributed by atoms with Gasteiger partial charge in [-0.2, -0.15) is 5.26 Å². The molecule has 35 heavy (non-hydrogen) atoms. The quantitative estimate of drug-likeness (QED) is 0.152. The van der Waals surface area contributed by atoms with Gasteiger partial charge in [0.05, 0.1) is 12.2 Å². The maximum Gasteiger partial charge on any atom is 0.0912 e. The summed E-state index contributed by atoms with van der Waals surface area (Å²) >= 11 is 0. The molecule has 192 valence electrons. The van der Waals surface area contributed by atoms with Gasteiger partial charge < -0.3 is 4.74 Å². The Morgan fingerprint density at radius 3 is 2.29 bits per heavy atom. The zero-order valence-electron chi connectivity index (χ0n) is 22.3. The molecule has 2 aliphatic carbocycles. The Hall–Kier alpha value is -1.85. The van der Waals surface area contributed by atoms with Gasteiger partial charge in [-0.25, -0.2) is 0 Å². The number of ether oxygens (including phenoxy) is 1. The summed E-state index contributed by atoms with van der Waals surface area (Å²) in [5.74, 6) is 2.37. The second kappa shape index (κ2) is 16.8. The monoisotopic (exact) mass is 475 g/mol. The largest absolute Gasteiger partial charge is 0.378 e. The molecule has 0 aromatic heterocycles. The number of allylic oxidation sites excluding steroid dienone is 4. The van der Waals surface area contributed by atoms with E-state index in [0.29, 0.717) is 6.10 Å². The Bertz CT molecular complexity index is 770. The molecule has 0 spiro atoms. The van der Waals surface area contributed by atoms with Crippen LogP contribution in [0.5, 0.6) is 0 Å². The second-order valence-electron chi connectivity index (χ2n) is 11.1. The van der Waals surface area contributed by atoms with Crippen molar-refractivity contribution in [3.63, 3.8) is 0 Å². The number of benzene rings is 1. The topological polar surface area (TPSA) is 33.0 Å². The molecule has 0 heterocycles. The summed E-state index contributed by atoms with van der Waals surface area (Å²) in [6.07, 6.45) is 28.9. The third-order valence-electron chi connectivity index (χ3n) is 8.39. The minimum atomic E-state index is 0.493. The van der Waals surface area contributed by atoms with Crippen LogP contribution in [-0.2, 0) is 11.2 Å². The maximum absolute atomic E-state index is 8.50. The van der Waals surface area contributed by atoms with Crippen LogP contribution in [0, 0.1) is 23.2 Å². The van der Waals surface area contributed by atoms with Crippen LogP contribution in [-0.4, -0.2) is 12.7 Å². The van der Waals surface area contributed by atoms with E-state index in [4.69, 9.17) is 10.00 Å². The number of rotatable bonds is 14. The zero-order valence-corrected chi connectivity index (χ0v) is 22.3. The van der Waals surface area contributed by atoms with Gasteiger partial charge >= 0.3 is 0 Å². The molecule has 0 atom stereocenters. The fourth-order valence-corrected chi connectivity index (χ4v) is 6.02. The first-order valence-electron chi connectivity index (χ1n) is 14.7. The lowest BCUT2D eigenvalue weighted by Crippen LogP contribution is -2.25. The zero-order chi connectivity index (χ0) is 24.6. The van der Waals surface area contributed by atoms with Crippen molar-refractivity contribution in [2.75, 3.05) is 6.61 Å². The van der Waals surface area contributed by atoms with Crippen molar-refractivity contribution in [3.05, 3.63) is 59.7 Å². The van der Waals surface area contributed by atoms with E-state index in [1.54, 1.807) is 5.56 Å². The van der Waals surface area contributed by atoms with Gasteiger partial charge in [-0.15, -0.1) is 0 Å². The Morgan fingerprint density at radius 2 is 1.57 bits per heavy atom. The Labute approximate surface area is 215 Å². The van der Waals surface area contributed by atoms with Crippen molar-refractivity contribution in [3.8, 4) is 6.07 Å². The van der Waals surface area contributed by atoms with Crippen LogP contribution in [0.1, 0.15) is 120 Å². The van der Waals surface area contributed by atoms with E-state index in [1.807, 2.05) is 18.2 Å². The van der Waals surface area contributed by atoms with Crippen molar-refractivity contribution in [2.45, 2.75) is 122 Å². The van der Waals surface area contributed by atoms with Crippen molar-refractivity contribution >= 4 is 0 Å². The summed E-state index contributed by atoms with van der Waals surface area (Å²) in [6, 6.07) is 11.6. The average molecular weight is 476 g/mol. The summed E-state index contributed by atoms with van der Waals surface area (Å²) in [6.45, 7) is 3.26. The molecule has 0 amide bonds. The molecular formula is C33H49NO. The summed E-state index contributed by atoms with van der Waals surface area (Å²) in [5.41, 5.74) is 3.08. The van der Waals surface area contributed by atoms with E-state index in [1.165, 1.54) is 108 Å². The van der Waals surface area contributed by atoms with Crippen LogP contribution < -0.4 is 0 Å². The molecule has 2 saturated carbocycles. The first-order valence-corrected chi connectivity index (χ1v) is 14.7. The molecule has 2 heteroatoms. The number of hydrogen-bond donors (Lipinski definition) is 0. The highest BCUT2D eigenvalue weighted by Gasteiger charge is 2.25. The van der Waals surface area contributed by atoms with Crippen molar-refractivity contribution < 1.29 is 4.74 Å². The highest BCUT2D eigenvalue weighted by atomic mass is 16.5. The lowest BCUT2D eigenvalue weighted by atomic mass is 9.78. The molecule has 0 bridgehead atoms. The van der Waals surface area contributed by atoms with Gasteiger partial charge in [0.1, 0.15) is 0 Å². The van der Waals surface area contributed by atoms with Crippen molar-refractivity contribution in [2.24, 2.45) is 11.8 Å². The van der Waals surface area contributed by atoms with E-state index < -0.39 is 0 Å². The molecule has 1 aromatic carbocycles. The van der Waals surface area contributed by atoms with E-state index in [-0.39, 0.29) is 0 Å². The van der Waals surface area contributed by atoms with Gasteiger partial charge in [0.2, 0.25) is 0 Å². The lowest BCUT2D eigenvalue weighted by Gasteiger charge is -2.32. The van der Waals surface area contributed by atoms with Gasteiger partial charge in [0.25, 0.3) is 0 Å². The molecule has 0 aliphatic heterocycles. The number of nitriles is 1. The van der Waals surface area contributed by atoms with Gasteiger partial charge in [-0.3, -0.25) is 0 Å².